The van der Waals surface area contributed by atoms with Crippen LogP contribution in [0.5, 0.6) is 0 Å². The van der Waals surface area contributed by atoms with E-state index in [4.69, 9.17) is 0 Å². The Balaban J connectivity index is 1.84. The second-order valence-corrected chi connectivity index (χ2v) is 6.20. The SMILES string of the molecule is CC1(C)CN(CCC2CC2)c2ccc(F)cc21. The standard InChI is InChI=1S/C15H20FN/c1-15(2)10-17(8-7-11-3-4-11)14-6-5-12(16)9-13(14)15/h5-6,9,11H,3-4,7-8,10H2,1-2H3. The molecule has 0 N–H and O–H groups in total. The molecule has 2 aliphatic rings. The Labute approximate surface area is 103 Å². The quantitative estimate of drug-likeness (QED) is 0.769. The Morgan fingerprint density at radius 2 is 2.12 bits per heavy atom. The molecule has 1 fully saturated rings. The topological polar surface area (TPSA) is 3.24 Å². The van der Waals surface area contributed by atoms with Gasteiger partial charge in [-0.25, -0.2) is 4.39 Å². The van der Waals surface area contributed by atoms with Gasteiger partial charge in [-0.1, -0.05) is 26.7 Å². The highest BCUT2D eigenvalue weighted by Crippen LogP contribution is 2.42. The van der Waals surface area contributed by atoms with Crippen LogP contribution in [0, 0.1) is 11.7 Å². The van der Waals surface area contributed by atoms with Crippen molar-refractivity contribution in [3.63, 3.8) is 0 Å². The fraction of sp³-hybridized carbons (Fsp3) is 0.600. The van der Waals surface area contributed by atoms with Crippen molar-refractivity contribution in [2.45, 2.75) is 38.5 Å². The van der Waals surface area contributed by atoms with E-state index in [0.717, 1.165) is 19.0 Å². The third-order valence-corrected chi connectivity index (χ3v) is 4.12. The number of benzene rings is 1. The molecule has 0 amide bonds. The average molecular weight is 233 g/mol. The van der Waals surface area contributed by atoms with Crippen LogP contribution in [0.4, 0.5) is 10.1 Å². The summed E-state index contributed by atoms with van der Waals surface area (Å²) in [5, 5.41) is 0. The maximum atomic E-state index is 13.3. The molecule has 0 aromatic heterocycles. The molecule has 0 bridgehead atoms. The zero-order valence-corrected chi connectivity index (χ0v) is 10.7. The molecule has 0 unspecified atom stereocenters. The van der Waals surface area contributed by atoms with Crippen LogP contribution < -0.4 is 4.90 Å². The monoisotopic (exact) mass is 233 g/mol. The summed E-state index contributed by atoms with van der Waals surface area (Å²) in [6, 6.07) is 5.25. The second kappa shape index (κ2) is 3.72. The summed E-state index contributed by atoms with van der Waals surface area (Å²) < 4.78 is 13.3. The first-order valence-electron chi connectivity index (χ1n) is 6.61. The Hall–Kier alpha value is -1.05. The Morgan fingerprint density at radius 1 is 1.35 bits per heavy atom. The third-order valence-electron chi connectivity index (χ3n) is 4.12. The summed E-state index contributed by atoms with van der Waals surface area (Å²) in [5.41, 5.74) is 2.51. The van der Waals surface area contributed by atoms with Crippen molar-refractivity contribution < 1.29 is 4.39 Å². The molecule has 1 saturated carbocycles. The van der Waals surface area contributed by atoms with Gasteiger partial charge in [0, 0.05) is 24.2 Å². The fourth-order valence-corrected chi connectivity index (χ4v) is 2.92. The van der Waals surface area contributed by atoms with E-state index in [1.807, 2.05) is 6.07 Å². The maximum absolute atomic E-state index is 13.3. The zero-order chi connectivity index (χ0) is 12.0. The van der Waals surface area contributed by atoms with Gasteiger partial charge in [0.05, 0.1) is 0 Å². The predicted octanol–water partition coefficient (Wildman–Crippen LogP) is 3.72. The third kappa shape index (κ3) is 2.05. The van der Waals surface area contributed by atoms with Crippen LogP contribution in [0.2, 0.25) is 0 Å². The van der Waals surface area contributed by atoms with E-state index < -0.39 is 0 Å². The van der Waals surface area contributed by atoms with Crippen molar-refractivity contribution in [1.82, 2.24) is 0 Å². The lowest BCUT2D eigenvalue weighted by molar-refractivity contribution is 0.537. The van der Waals surface area contributed by atoms with E-state index in [2.05, 4.69) is 18.7 Å². The molecule has 0 radical (unpaired) electrons. The van der Waals surface area contributed by atoms with Crippen molar-refractivity contribution >= 4 is 5.69 Å². The van der Waals surface area contributed by atoms with Gasteiger partial charge in [0.2, 0.25) is 0 Å². The first kappa shape index (κ1) is 11.1. The molecule has 92 valence electrons. The van der Waals surface area contributed by atoms with E-state index in [1.54, 1.807) is 12.1 Å². The Kier molecular flexibility index (Phi) is 2.42. The highest BCUT2D eigenvalue weighted by atomic mass is 19.1. The molecule has 1 aromatic rings. The van der Waals surface area contributed by atoms with E-state index in [9.17, 15) is 4.39 Å². The molecule has 3 rings (SSSR count). The molecule has 0 spiro atoms. The molecule has 0 saturated heterocycles. The minimum atomic E-state index is -0.110. The second-order valence-electron chi connectivity index (χ2n) is 6.20. The average Bonchev–Trinajstić information content (AvgIpc) is 3.04. The molecule has 1 aliphatic carbocycles. The van der Waals surface area contributed by atoms with Crippen LogP contribution >= 0.6 is 0 Å². The van der Waals surface area contributed by atoms with Gasteiger partial charge in [-0.3, -0.25) is 0 Å². The number of rotatable bonds is 3. The summed E-state index contributed by atoms with van der Waals surface area (Å²) in [6.07, 6.45) is 4.12. The highest BCUT2D eigenvalue weighted by molar-refractivity contribution is 5.62. The summed E-state index contributed by atoms with van der Waals surface area (Å²) >= 11 is 0. The first-order valence-corrected chi connectivity index (χ1v) is 6.61. The Morgan fingerprint density at radius 3 is 2.82 bits per heavy atom. The maximum Gasteiger partial charge on any atom is 0.123 e. The molecule has 1 aliphatic heterocycles. The van der Waals surface area contributed by atoms with Gasteiger partial charge in [0.15, 0.2) is 0 Å². The highest BCUT2D eigenvalue weighted by Gasteiger charge is 2.35. The molecule has 1 heterocycles. The molecule has 2 heteroatoms. The summed E-state index contributed by atoms with van der Waals surface area (Å²) in [6.45, 7) is 6.58. The molecular weight excluding hydrogens is 213 g/mol. The van der Waals surface area contributed by atoms with Crippen molar-refractivity contribution in [1.29, 1.82) is 0 Å². The normalized spacial score (nSPS) is 21.7. The van der Waals surface area contributed by atoms with Crippen molar-refractivity contribution in [2.24, 2.45) is 5.92 Å². The Bertz CT molecular complexity index is 435. The lowest BCUT2D eigenvalue weighted by Crippen LogP contribution is -2.29. The van der Waals surface area contributed by atoms with Crippen LogP contribution in [0.1, 0.15) is 38.7 Å². The van der Waals surface area contributed by atoms with E-state index >= 15 is 0 Å². The largest absolute Gasteiger partial charge is 0.370 e. The van der Waals surface area contributed by atoms with Crippen molar-refractivity contribution in [2.75, 3.05) is 18.0 Å². The predicted molar refractivity (Wildman–Crippen MR) is 69.0 cm³/mol. The van der Waals surface area contributed by atoms with Crippen LogP contribution in [0.15, 0.2) is 18.2 Å². The minimum absolute atomic E-state index is 0.0843. The van der Waals surface area contributed by atoms with Crippen LogP contribution in [0.3, 0.4) is 0 Å². The molecular formula is C15H20FN. The van der Waals surface area contributed by atoms with E-state index in [0.29, 0.717) is 0 Å². The minimum Gasteiger partial charge on any atom is -0.370 e. The number of halogens is 1. The van der Waals surface area contributed by atoms with Crippen LogP contribution in [-0.2, 0) is 5.41 Å². The van der Waals surface area contributed by atoms with Crippen LogP contribution in [-0.4, -0.2) is 13.1 Å². The van der Waals surface area contributed by atoms with Gasteiger partial charge >= 0.3 is 0 Å². The van der Waals surface area contributed by atoms with Gasteiger partial charge in [-0.2, -0.15) is 0 Å². The van der Waals surface area contributed by atoms with E-state index in [1.165, 1.54) is 30.5 Å². The first-order chi connectivity index (χ1) is 8.06. The number of hydrogen-bond acceptors (Lipinski definition) is 1. The summed E-state index contributed by atoms with van der Waals surface area (Å²) in [5.74, 6) is 0.850. The van der Waals surface area contributed by atoms with Crippen LogP contribution in [0.25, 0.3) is 0 Å². The summed E-state index contributed by atoms with van der Waals surface area (Å²) in [7, 11) is 0. The lowest BCUT2D eigenvalue weighted by Gasteiger charge is -2.22. The van der Waals surface area contributed by atoms with Gasteiger partial charge in [-0.15, -0.1) is 0 Å². The zero-order valence-electron chi connectivity index (χ0n) is 10.7. The number of anilines is 1. The molecule has 1 aromatic carbocycles. The molecule has 17 heavy (non-hydrogen) atoms. The number of fused-ring (bicyclic) bond motifs is 1. The van der Waals surface area contributed by atoms with Crippen molar-refractivity contribution in [3.05, 3.63) is 29.6 Å². The lowest BCUT2D eigenvalue weighted by atomic mass is 9.87. The smallest absolute Gasteiger partial charge is 0.123 e. The fourth-order valence-electron chi connectivity index (χ4n) is 2.92. The van der Waals surface area contributed by atoms with Gasteiger partial charge in [-0.05, 0) is 36.1 Å². The molecule has 1 nitrogen and oxygen atoms in total. The van der Waals surface area contributed by atoms with Gasteiger partial charge < -0.3 is 4.90 Å². The molecule has 0 atom stereocenters. The van der Waals surface area contributed by atoms with E-state index in [-0.39, 0.29) is 11.2 Å². The van der Waals surface area contributed by atoms with Gasteiger partial charge in [0.25, 0.3) is 0 Å². The number of hydrogen-bond donors (Lipinski definition) is 0. The summed E-state index contributed by atoms with van der Waals surface area (Å²) in [4.78, 5) is 2.44. The van der Waals surface area contributed by atoms with Crippen molar-refractivity contribution in [3.8, 4) is 0 Å². The number of nitrogens with zero attached hydrogens (tertiary/aromatic N) is 1. The van der Waals surface area contributed by atoms with Gasteiger partial charge in [0.1, 0.15) is 5.82 Å².